The van der Waals surface area contributed by atoms with Crippen LogP contribution in [-0.2, 0) is 9.59 Å². The van der Waals surface area contributed by atoms with Crippen molar-refractivity contribution in [2.24, 2.45) is 0 Å². The van der Waals surface area contributed by atoms with Gasteiger partial charge in [-0.2, -0.15) is 0 Å². The van der Waals surface area contributed by atoms with Crippen LogP contribution in [0.25, 0.3) is 0 Å². The standard InChI is InChI=1S/C18H19FN4O3/c1-11(17(25)23-18(26)22-13-6-4-3-5-7-13)20-14-8-9-15(19)16(10-14)21-12(2)24/h3-11,20H,1-2H3,(H,21,24)(H2,22,23,25,26)/t11-/m0/s1. The summed E-state index contributed by atoms with van der Waals surface area (Å²) in [4.78, 5) is 35.0. The Balaban J connectivity index is 1.94. The maximum absolute atomic E-state index is 13.6. The van der Waals surface area contributed by atoms with Gasteiger partial charge < -0.3 is 16.0 Å². The van der Waals surface area contributed by atoms with Crippen molar-refractivity contribution in [3.05, 3.63) is 54.3 Å². The molecule has 0 aliphatic heterocycles. The Kier molecular flexibility index (Phi) is 6.26. The highest BCUT2D eigenvalue weighted by atomic mass is 19.1. The van der Waals surface area contributed by atoms with Crippen LogP contribution in [-0.4, -0.2) is 23.9 Å². The molecule has 0 saturated carbocycles. The van der Waals surface area contributed by atoms with Gasteiger partial charge in [-0.25, -0.2) is 9.18 Å². The van der Waals surface area contributed by atoms with E-state index >= 15 is 0 Å². The molecule has 8 heteroatoms. The van der Waals surface area contributed by atoms with Gasteiger partial charge in [0, 0.05) is 18.3 Å². The van der Waals surface area contributed by atoms with Crippen LogP contribution in [0.3, 0.4) is 0 Å². The molecule has 4 N–H and O–H groups in total. The fraction of sp³-hybridized carbons (Fsp3) is 0.167. The topological polar surface area (TPSA) is 99.3 Å². The first-order valence-corrected chi connectivity index (χ1v) is 7.85. The van der Waals surface area contributed by atoms with Gasteiger partial charge in [-0.3, -0.25) is 14.9 Å². The highest BCUT2D eigenvalue weighted by Gasteiger charge is 2.16. The molecule has 0 aromatic heterocycles. The predicted molar refractivity (Wildman–Crippen MR) is 97.4 cm³/mol. The zero-order valence-corrected chi connectivity index (χ0v) is 14.3. The minimum atomic E-state index is -0.771. The number of para-hydroxylation sites is 1. The largest absolute Gasteiger partial charge is 0.374 e. The molecule has 0 fully saturated rings. The molecule has 2 aromatic carbocycles. The number of benzene rings is 2. The molecular formula is C18H19FN4O3. The average molecular weight is 358 g/mol. The van der Waals surface area contributed by atoms with Crippen LogP contribution in [0.5, 0.6) is 0 Å². The van der Waals surface area contributed by atoms with Crippen molar-refractivity contribution < 1.29 is 18.8 Å². The van der Waals surface area contributed by atoms with Crippen molar-refractivity contribution in [2.75, 3.05) is 16.0 Å². The molecule has 0 saturated heterocycles. The Morgan fingerprint density at radius 3 is 2.31 bits per heavy atom. The summed E-state index contributed by atoms with van der Waals surface area (Å²) in [6, 6.07) is 11.2. The Hall–Kier alpha value is -3.42. The summed E-state index contributed by atoms with van der Waals surface area (Å²) in [7, 11) is 0. The lowest BCUT2D eigenvalue weighted by molar-refractivity contribution is -0.120. The lowest BCUT2D eigenvalue weighted by Crippen LogP contribution is -2.42. The average Bonchev–Trinajstić information content (AvgIpc) is 2.58. The van der Waals surface area contributed by atoms with E-state index in [1.54, 1.807) is 37.3 Å². The van der Waals surface area contributed by atoms with E-state index in [-0.39, 0.29) is 5.69 Å². The number of halogens is 1. The Labute approximate surface area is 150 Å². The third-order valence-electron chi connectivity index (χ3n) is 3.32. The van der Waals surface area contributed by atoms with Crippen molar-refractivity contribution in [3.63, 3.8) is 0 Å². The van der Waals surface area contributed by atoms with E-state index in [2.05, 4.69) is 21.3 Å². The molecule has 0 radical (unpaired) electrons. The number of hydrogen-bond acceptors (Lipinski definition) is 4. The summed E-state index contributed by atoms with van der Waals surface area (Å²) in [5.41, 5.74) is 0.968. The van der Waals surface area contributed by atoms with E-state index < -0.39 is 29.7 Å². The van der Waals surface area contributed by atoms with E-state index in [1.807, 2.05) is 0 Å². The lowest BCUT2D eigenvalue weighted by Gasteiger charge is -2.16. The molecule has 4 amide bonds. The highest BCUT2D eigenvalue weighted by molar-refractivity contribution is 6.03. The van der Waals surface area contributed by atoms with Gasteiger partial charge in [0.2, 0.25) is 11.8 Å². The van der Waals surface area contributed by atoms with Crippen LogP contribution in [0.2, 0.25) is 0 Å². The maximum atomic E-state index is 13.6. The van der Waals surface area contributed by atoms with Crippen LogP contribution in [0.15, 0.2) is 48.5 Å². The summed E-state index contributed by atoms with van der Waals surface area (Å²) in [6.07, 6.45) is 0. The van der Waals surface area contributed by atoms with Crippen molar-refractivity contribution in [1.82, 2.24) is 5.32 Å². The van der Waals surface area contributed by atoms with Crippen molar-refractivity contribution >= 4 is 34.9 Å². The Morgan fingerprint density at radius 1 is 0.962 bits per heavy atom. The molecule has 0 heterocycles. The summed E-state index contributed by atoms with van der Waals surface area (Å²) < 4.78 is 13.6. The second-order valence-electron chi connectivity index (χ2n) is 5.55. The molecule has 26 heavy (non-hydrogen) atoms. The molecule has 2 rings (SSSR count). The van der Waals surface area contributed by atoms with Gasteiger partial charge in [0.05, 0.1) is 5.69 Å². The Bertz CT molecular complexity index is 811. The Morgan fingerprint density at radius 2 is 1.65 bits per heavy atom. The SMILES string of the molecule is CC(=O)Nc1cc(N[C@@H](C)C(=O)NC(=O)Nc2ccccc2)ccc1F. The van der Waals surface area contributed by atoms with E-state index in [0.717, 1.165) is 0 Å². The van der Waals surface area contributed by atoms with Crippen molar-refractivity contribution in [1.29, 1.82) is 0 Å². The normalized spacial score (nSPS) is 11.2. The fourth-order valence-corrected chi connectivity index (χ4v) is 2.12. The maximum Gasteiger partial charge on any atom is 0.325 e. The van der Waals surface area contributed by atoms with Gasteiger partial charge in [-0.15, -0.1) is 0 Å². The monoisotopic (exact) mass is 358 g/mol. The summed E-state index contributed by atoms with van der Waals surface area (Å²) in [5, 5.41) is 9.94. The number of rotatable bonds is 5. The van der Waals surface area contributed by atoms with Crippen LogP contribution in [0.4, 0.5) is 26.2 Å². The molecule has 2 aromatic rings. The molecule has 0 spiro atoms. The van der Waals surface area contributed by atoms with Gasteiger partial charge in [-0.05, 0) is 37.3 Å². The highest BCUT2D eigenvalue weighted by Crippen LogP contribution is 2.20. The fourth-order valence-electron chi connectivity index (χ4n) is 2.12. The van der Waals surface area contributed by atoms with Crippen LogP contribution >= 0.6 is 0 Å². The van der Waals surface area contributed by atoms with Crippen molar-refractivity contribution in [3.8, 4) is 0 Å². The van der Waals surface area contributed by atoms with Gasteiger partial charge in [0.1, 0.15) is 11.9 Å². The first kappa shape index (κ1) is 18.9. The second kappa shape index (κ2) is 8.61. The van der Waals surface area contributed by atoms with Gasteiger partial charge in [-0.1, -0.05) is 18.2 Å². The van der Waals surface area contributed by atoms with E-state index in [1.165, 1.54) is 25.1 Å². The van der Waals surface area contributed by atoms with Crippen LogP contribution in [0.1, 0.15) is 13.8 Å². The molecule has 1 atom stereocenters. The van der Waals surface area contributed by atoms with Crippen LogP contribution < -0.4 is 21.3 Å². The van der Waals surface area contributed by atoms with E-state index in [9.17, 15) is 18.8 Å². The lowest BCUT2D eigenvalue weighted by atomic mass is 10.2. The summed E-state index contributed by atoms with van der Waals surface area (Å²) in [6.45, 7) is 2.81. The first-order chi connectivity index (χ1) is 12.3. The smallest absolute Gasteiger partial charge is 0.325 e. The zero-order valence-electron chi connectivity index (χ0n) is 14.3. The summed E-state index contributed by atoms with van der Waals surface area (Å²) in [5.74, 6) is -1.57. The molecule has 136 valence electrons. The number of carbonyl (C=O) groups is 3. The number of anilines is 3. The number of amides is 4. The van der Waals surface area contributed by atoms with E-state index in [4.69, 9.17) is 0 Å². The zero-order chi connectivity index (χ0) is 19.1. The quantitative estimate of drug-likeness (QED) is 0.660. The number of hydrogen-bond donors (Lipinski definition) is 4. The molecular weight excluding hydrogens is 339 g/mol. The van der Waals surface area contributed by atoms with Gasteiger partial charge in [0.25, 0.3) is 0 Å². The van der Waals surface area contributed by atoms with Crippen molar-refractivity contribution in [2.45, 2.75) is 19.9 Å². The first-order valence-electron chi connectivity index (χ1n) is 7.85. The summed E-state index contributed by atoms with van der Waals surface area (Å²) >= 11 is 0. The molecule has 7 nitrogen and oxygen atoms in total. The van der Waals surface area contributed by atoms with E-state index in [0.29, 0.717) is 11.4 Å². The number of imide groups is 1. The molecule has 0 bridgehead atoms. The predicted octanol–water partition coefficient (Wildman–Crippen LogP) is 2.93. The minimum absolute atomic E-state index is 0.00284. The molecule has 0 aliphatic carbocycles. The molecule has 0 aliphatic rings. The third kappa shape index (κ3) is 5.59. The second-order valence-corrected chi connectivity index (χ2v) is 5.55. The number of urea groups is 1. The van der Waals surface area contributed by atoms with Gasteiger partial charge >= 0.3 is 6.03 Å². The molecule has 0 unspecified atom stereocenters. The number of carbonyl (C=O) groups excluding carboxylic acids is 3. The van der Waals surface area contributed by atoms with Crippen LogP contribution in [0, 0.1) is 5.82 Å². The minimum Gasteiger partial charge on any atom is -0.374 e. The third-order valence-corrected chi connectivity index (χ3v) is 3.32. The number of nitrogens with one attached hydrogen (secondary N) is 4. The van der Waals surface area contributed by atoms with Gasteiger partial charge in [0.15, 0.2) is 0 Å².